The first-order valence-corrected chi connectivity index (χ1v) is 7.85. The molecule has 1 aromatic carbocycles. The fraction of sp³-hybridized carbons (Fsp3) is 0.188. The number of hydrogen-bond donors (Lipinski definition) is 0. The summed E-state index contributed by atoms with van der Waals surface area (Å²) < 4.78 is 15.8. The molecule has 2 aromatic heterocycles. The third-order valence-corrected chi connectivity index (χ3v) is 3.98. The minimum absolute atomic E-state index is 0.411. The molecule has 0 amide bonds. The number of carbonyl (C=O) groups excluding carboxylic acids is 1. The Hall–Kier alpha value is -2.54. The summed E-state index contributed by atoms with van der Waals surface area (Å²) in [6, 6.07) is 11.2. The van der Waals surface area contributed by atoms with E-state index in [0.29, 0.717) is 34.0 Å². The first-order valence-electron chi connectivity index (χ1n) is 6.86. The smallest absolute Gasteiger partial charge is 0.341 e. The van der Waals surface area contributed by atoms with Crippen molar-refractivity contribution in [3.8, 4) is 11.5 Å². The minimum atomic E-state index is -0.411. The molecule has 6 nitrogen and oxygen atoms in total. The van der Waals surface area contributed by atoms with Crippen LogP contribution in [0.15, 0.2) is 50.5 Å². The van der Waals surface area contributed by atoms with E-state index in [9.17, 15) is 4.79 Å². The van der Waals surface area contributed by atoms with Crippen molar-refractivity contribution in [3.05, 3.63) is 53.5 Å². The number of rotatable bonds is 5. The molecule has 3 aromatic rings. The molecule has 7 heteroatoms. The lowest BCUT2D eigenvalue weighted by Gasteiger charge is -1.93. The van der Waals surface area contributed by atoms with Gasteiger partial charge in [0.1, 0.15) is 17.1 Å². The Labute approximate surface area is 136 Å². The predicted octanol–water partition coefficient (Wildman–Crippen LogP) is 3.72. The number of furan rings is 1. The average molecular weight is 330 g/mol. The molecular formula is C16H14N2O4S. The van der Waals surface area contributed by atoms with Crippen molar-refractivity contribution >= 4 is 17.7 Å². The summed E-state index contributed by atoms with van der Waals surface area (Å²) in [5.74, 6) is 1.72. The maximum atomic E-state index is 11.6. The van der Waals surface area contributed by atoms with Gasteiger partial charge in [0.2, 0.25) is 5.89 Å². The van der Waals surface area contributed by atoms with Gasteiger partial charge < -0.3 is 13.6 Å². The maximum absolute atomic E-state index is 11.6. The van der Waals surface area contributed by atoms with Gasteiger partial charge in [-0.3, -0.25) is 0 Å². The van der Waals surface area contributed by atoms with Crippen LogP contribution in [0.2, 0.25) is 0 Å². The minimum Gasteiger partial charge on any atom is -0.465 e. The molecule has 0 saturated carbocycles. The first kappa shape index (κ1) is 15.4. The lowest BCUT2D eigenvalue weighted by atomic mass is 10.2. The number of esters is 1. The quantitative estimate of drug-likeness (QED) is 0.521. The molecule has 0 aliphatic rings. The Morgan fingerprint density at radius 2 is 2.00 bits per heavy atom. The van der Waals surface area contributed by atoms with Gasteiger partial charge in [-0.1, -0.05) is 30.0 Å². The molecule has 3 rings (SSSR count). The van der Waals surface area contributed by atoms with Crippen LogP contribution in [-0.2, 0) is 10.5 Å². The second kappa shape index (κ2) is 6.70. The molecule has 0 spiro atoms. The van der Waals surface area contributed by atoms with Crippen molar-refractivity contribution in [1.82, 2.24) is 10.2 Å². The number of nitrogens with zero attached hydrogens (tertiary/aromatic N) is 2. The van der Waals surface area contributed by atoms with Gasteiger partial charge in [-0.15, -0.1) is 10.2 Å². The lowest BCUT2D eigenvalue weighted by Crippen LogP contribution is -2.00. The van der Waals surface area contributed by atoms with Gasteiger partial charge in [-0.05, 0) is 25.1 Å². The monoisotopic (exact) mass is 330 g/mol. The number of aromatic nitrogens is 2. The van der Waals surface area contributed by atoms with E-state index in [1.54, 1.807) is 13.0 Å². The summed E-state index contributed by atoms with van der Waals surface area (Å²) in [6.07, 6.45) is 0. The fourth-order valence-corrected chi connectivity index (χ4v) is 2.67. The number of methoxy groups -OCH3 is 1. The molecule has 2 heterocycles. The zero-order chi connectivity index (χ0) is 16.2. The average Bonchev–Trinajstić information content (AvgIpc) is 3.20. The maximum Gasteiger partial charge on any atom is 0.341 e. The van der Waals surface area contributed by atoms with Gasteiger partial charge in [0.05, 0.1) is 12.9 Å². The van der Waals surface area contributed by atoms with Crippen LogP contribution in [-0.4, -0.2) is 23.3 Å². The Morgan fingerprint density at radius 3 is 2.74 bits per heavy atom. The van der Waals surface area contributed by atoms with Crippen molar-refractivity contribution in [1.29, 1.82) is 0 Å². The van der Waals surface area contributed by atoms with Gasteiger partial charge in [0, 0.05) is 5.56 Å². The molecule has 0 atom stereocenters. The summed E-state index contributed by atoms with van der Waals surface area (Å²) in [4.78, 5) is 11.6. The topological polar surface area (TPSA) is 78.4 Å². The van der Waals surface area contributed by atoms with Crippen LogP contribution in [0, 0.1) is 6.92 Å². The van der Waals surface area contributed by atoms with Crippen molar-refractivity contribution < 1.29 is 18.4 Å². The van der Waals surface area contributed by atoms with Gasteiger partial charge in [-0.2, -0.15) is 0 Å². The zero-order valence-electron chi connectivity index (χ0n) is 12.6. The van der Waals surface area contributed by atoms with Gasteiger partial charge in [-0.25, -0.2) is 4.79 Å². The van der Waals surface area contributed by atoms with E-state index in [4.69, 9.17) is 13.6 Å². The highest BCUT2D eigenvalue weighted by Gasteiger charge is 2.16. The first-order chi connectivity index (χ1) is 11.2. The fourth-order valence-electron chi connectivity index (χ4n) is 2.03. The van der Waals surface area contributed by atoms with Crippen LogP contribution in [0.25, 0.3) is 11.5 Å². The third-order valence-electron chi connectivity index (χ3n) is 3.14. The van der Waals surface area contributed by atoms with E-state index in [2.05, 4.69) is 10.2 Å². The number of hydrogen-bond acceptors (Lipinski definition) is 7. The molecule has 23 heavy (non-hydrogen) atoms. The largest absolute Gasteiger partial charge is 0.465 e. The number of ether oxygens (including phenoxy) is 1. The van der Waals surface area contributed by atoms with Crippen molar-refractivity contribution in [2.24, 2.45) is 0 Å². The number of aryl methyl sites for hydroxylation is 1. The molecule has 0 unspecified atom stereocenters. The van der Waals surface area contributed by atoms with E-state index in [0.717, 1.165) is 5.56 Å². The standard InChI is InChI=1S/C16H14N2O4S/c1-10-13(15(19)20-2)8-12(21-10)9-23-16-18-17-14(22-16)11-6-4-3-5-7-11/h3-8H,9H2,1-2H3. The third kappa shape index (κ3) is 3.45. The van der Waals surface area contributed by atoms with Gasteiger partial charge in [0.25, 0.3) is 5.22 Å². The van der Waals surface area contributed by atoms with E-state index >= 15 is 0 Å². The number of benzene rings is 1. The summed E-state index contributed by atoms with van der Waals surface area (Å²) in [5, 5.41) is 8.46. The summed E-state index contributed by atoms with van der Waals surface area (Å²) in [7, 11) is 1.34. The Morgan fingerprint density at radius 1 is 1.22 bits per heavy atom. The molecule has 118 valence electrons. The number of thioether (sulfide) groups is 1. The SMILES string of the molecule is COC(=O)c1cc(CSc2nnc(-c3ccccc3)o2)oc1C. The van der Waals surface area contributed by atoms with Crippen LogP contribution in [0.5, 0.6) is 0 Å². The summed E-state index contributed by atoms with van der Waals surface area (Å²) in [5.41, 5.74) is 1.30. The lowest BCUT2D eigenvalue weighted by molar-refractivity contribution is 0.0599. The van der Waals surface area contributed by atoms with Crippen LogP contribution in [0.4, 0.5) is 0 Å². The highest BCUT2D eigenvalue weighted by atomic mass is 32.2. The summed E-state index contributed by atoms with van der Waals surface area (Å²) in [6.45, 7) is 1.72. The predicted molar refractivity (Wildman–Crippen MR) is 84.1 cm³/mol. The van der Waals surface area contributed by atoms with Crippen molar-refractivity contribution in [2.45, 2.75) is 17.9 Å². The molecule has 0 N–H and O–H groups in total. The highest BCUT2D eigenvalue weighted by molar-refractivity contribution is 7.98. The van der Waals surface area contributed by atoms with E-state index in [-0.39, 0.29) is 0 Å². The molecular weight excluding hydrogens is 316 g/mol. The van der Waals surface area contributed by atoms with Crippen LogP contribution in [0.1, 0.15) is 21.9 Å². The zero-order valence-corrected chi connectivity index (χ0v) is 13.4. The Kier molecular flexibility index (Phi) is 4.47. The Balaban J connectivity index is 1.67. The Bertz CT molecular complexity index is 811. The van der Waals surface area contributed by atoms with Crippen molar-refractivity contribution in [3.63, 3.8) is 0 Å². The van der Waals surface area contributed by atoms with Gasteiger partial charge in [0.15, 0.2) is 0 Å². The van der Waals surface area contributed by atoms with Gasteiger partial charge >= 0.3 is 5.97 Å². The van der Waals surface area contributed by atoms with E-state index in [1.807, 2.05) is 30.3 Å². The molecule has 0 saturated heterocycles. The molecule has 0 fully saturated rings. The molecule has 0 radical (unpaired) electrons. The van der Waals surface area contributed by atoms with E-state index in [1.165, 1.54) is 18.9 Å². The van der Waals surface area contributed by atoms with Crippen molar-refractivity contribution in [2.75, 3.05) is 7.11 Å². The van der Waals surface area contributed by atoms with Crippen LogP contribution < -0.4 is 0 Å². The highest BCUT2D eigenvalue weighted by Crippen LogP contribution is 2.27. The van der Waals surface area contributed by atoms with E-state index < -0.39 is 5.97 Å². The second-order valence-electron chi connectivity index (χ2n) is 4.70. The van der Waals surface area contributed by atoms with Crippen LogP contribution >= 0.6 is 11.8 Å². The van der Waals surface area contributed by atoms with Crippen LogP contribution in [0.3, 0.4) is 0 Å². The molecule has 0 aliphatic carbocycles. The number of carbonyl (C=O) groups is 1. The second-order valence-corrected chi connectivity index (χ2v) is 5.63. The molecule has 0 aliphatic heterocycles. The normalized spacial score (nSPS) is 10.7. The molecule has 0 bridgehead atoms. The summed E-state index contributed by atoms with van der Waals surface area (Å²) >= 11 is 1.34.